The van der Waals surface area contributed by atoms with Crippen molar-refractivity contribution in [3.63, 3.8) is 0 Å². The Bertz CT molecular complexity index is 1560. The fourth-order valence-corrected chi connectivity index (χ4v) is 4.56. The number of hydrogen-bond donors (Lipinski definition) is 3. The number of ether oxygens (including phenoxy) is 1. The van der Waals surface area contributed by atoms with Crippen LogP contribution in [-0.4, -0.2) is 59.9 Å². The van der Waals surface area contributed by atoms with Crippen LogP contribution < -0.4 is 16.0 Å². The van der Waals surface area contributed by atoms with Crippen molar-refractivity contribution < 1.29 is 47.2 Å². The maximum atomic E-state index is 14.1. The van der Waals surface area contributed by atoms with Gasteiger partial charge >= 0.3 is 5.97 Å². The van der Waals surface area contributed by atoms with Gasteiger partial charge in [0.2, 0.25) is 11.8 Å². The normalized spacial score (nSPS) is 20.1. The molecule has 0 unspecified atom stereocenters. The van der Waals surface area contributed by atoms with Gasteiger partial charge in [-0.2, -0.15) is 0 Å². The Labute approximate surface area is 259 Å². The van der Waals surface area contributed by atoms with Gasteiger partial charge in [0.1, 0.15) is 11.6 Å². The molecule has 1 aliphatic heterocycles. The van der Waals surface area contributed by atoms with E-state index >= 15 is 0 Å². The van der Waals surface area contributed by atoms with Gasteiger partial charge in [-0.15, -0.1) is 0 Å². The monoisotopic (exact) mass is 605 g/mol. The van der Waals surface area contributed by atoms with Crippen LogP contribution >= 0.6 is 0 Å². The van der Waals surface area contributed by atoms with Crippen molar-refractivity contribution in [2.45, 2.75) is 65.3 Å². The largest absolute Gasteiger partial charge is 0.463 e. The van der Waals surface area contributed by atoms with Gasteiger partial charge in [-0.1, -0.05) is 37.1 Å². The first kappa shape index (κ1) is 24.1. The maximum Gasteiger partial charge on any atom is 0.330 e. The van der Waals surface area contributed by atoms with Crippen molar-refractivity contribution in [1.29, 1.82) is 0 Å². The molecule has 0 spiro atoms. The Kier molecular flexibility index (Phi) is 8.84. The minimum absolute atomic E-state index is 0.0500. The second kappa shape index (κ2) is 15.8. The summed E-state index contributed by atoms with van der Waals surface area (Å²) in [5, 5.41) is 10.9. The Morgan fingerprint density at radius 1 is 1.26 bits per heavy atom. The predicted octanol–water partition coefficient (Wildman–Crippen LogP) is 2.82. The highest BCUT2D eigenvalue weighted by atomic mass is 19.1. The number of amides is 3. The van der Waals surface area contributed by atoms with Crippen molar-refractivity contribution in [2.75, 3.05) is 13.2 Å². The molecule has 1 aromatic heterocycles. The number of esters is 1. The molecule has 1 aliphatic rings. The molecule has 3 N–H and O–H groups in total. The van der Waals surface area contributed by atoms with E-state index in [-0.39, 0.29) is 31.1 Å². The van der Waals surface area contributed by atoms with E-state index in [4.69, 9.17) is 18.9 Å². The molecule has 0 radical (unpaired) electrons. The van der Waals surface area contributed by atoms with E-state index in [2.05, 4.69) is 15.8 Å². The van der Waals surface area contributed by atoms with E-state index in [0.29, 0.717) is 18.5 Å². The first-order chi connectivity index (χ1) is 23.3. The summed E-state index contributed by atoms with van der Waals surface area (Å²) in [4.78, 5) is 65.5. The van der Waals surface area contributed by atoms with Crippen LogP contribution in [0.15, 0.2) is 47.0 Å². The summed E-state index contributed by atoms with van der Waals surface area (Å²) in [7, 11) is 0. The summed E-state index contributed by atoms with van der Waals surface area (Å²) in [6.07, 6.45) is 1.73. The van der Waals surface area contributed by atoms with Gasteiger partial charge in [0.25, 0.3) is 5.91 Å². The van der Waals surface area contributed by atoms with Crippen molar-refractivity contribution in [1.82, 2.24) is 21.1 Å². The second-order valence-electron chi connectivity index (χ2n) is 10.1. The number of halogens is 1. The fraction of sp³-hybridized carbons (Fsp3) is 0.484. The maximum absolute atomic E-state index is 14.1. The summed E-state index contributed by atoms with van der Waals surface area (Å²) < 4.78 is 80.0. The molecule has 0 bridgehead atoms. The summed E-state index contributed by atoms with van der Waals surface area (Å²) in [5.74, 6) is -10.3. The third kappa shape index (κ3) is 10.2. The van der Waals surface area contributed by atoms with Crippen LogP contribution in [0.3, 0.4) is 0 Å². The molecular formula is C31H39FN4O7. The third-order valence-corrected chi connectivity index (χ3v) is 6.74. The average Bonchev–Trinajstić information content (AvgIpc) is 3.65. The second-order valence-corrected chi connectivity index (χ2v) is 10.1. The lowest BCUT2D eigenvalue weighted by molar-refractivity contribution is -0.137. The molecule has 4 atom stereocenters. The molecule has 1 aromatic carbocycles. The van der Waals surface area contributed by atoms with Crippen LogP contribution in [0.1, 0.15) is 71.3 Å². The number of benzene rings is 1. The molecule has 11 nitrogen and oxygen atoms in total. The lowest BCUT2D eigenvalue weighted by Crippen LogP contribution is -2.47. The zero-order valence-electron chi connectivity index (χ0n) is 30.8. The van der Waals surface area contributed by atoms with E-state index < -0.39 is 85.0 Å². The lowest BCUT2D eigenvalue weighted by atomic mass is 9.87. The van der Waals surface area contributed by atoms with E-state index in [1.165, 1.54) is 25.1 Å². The summed E-state index contributed by atoms with van der Waals surface area (Å²) in [5.41, 5.74) is -0.0675. The van der Waals surface area contributed by atoms with E-state index in [0.717, 1.165) is 24.3 Å². The summed E-state index contributed by atoms with van der Waals surface area (Å²) >= 11 is 0. The van der Waals surface area contributed by atoms with Crippen LogP contribution in [0.25, 0.3) is 0 Å². The lowest BCUT2D eigenvalue weighted by Gasteiger charge is -2.25. The van der Waals surface area contributed by atoms with Crippen LogP contribution in [0.4, 0.5) is 4.39 Å². The average molecular weight is 606 g/mol. The highest BCUT2D eigenvalue weighted by molar-refractivity contribution is 5.97. The Balaban J connectivity index is 2.03. The third-order valence-electron chi connectivity index (χ3n) is 6.74. The number of nitrogens with one attached hydrogen (secondary N) is 3. The number of Topliss-reactive ketones (excluding diaryl/α,β-unsaturated/α-hetero) is 1. The number of ketones is 1. The fourth-order valence-electron chi connectivity index (χ4n) is 4.56. The highest BCUT2D eigenvalue weighted by Gasteiger charge is 2.32. The Morgan fingerprint density at radius 2 is 2.00 bits per heavy atom. The van der Waals surface area contributed by atoms with E-state index in [9.17, 15) is 28.4 Å². The van der Waals surface area contributed by atoms with Crippen LogP contribution in [0.5, 0.6) is 0 Å². The Morgan fingerprint density at radius 3 is 2.60 bits per heavy atom. The van der Waals surface area contributed by atoms with Gasteiger partial charge in [-0.25, -0.2) is 9.18 Å². The minimum atomic E-state index is -3.66. The molecule has 12 heteroatoms. The van der Waals surface area contributed by atoms with Crippen molar-refractivity contribution in [3.8, 4) is 0 Å². The van der Waals surface area contributed by atoms with Crippen molar-refractivity contribution in [2.24, 2.45) is 17.7 Å². The first-order valence-electron chi connectivity index (χ1n) is 17.2. The molecule has 43 heavy (non-hydrogen) atoms. The summed E-state index contributed by atoms with van der Waals surface area (Å²) in [6.45, 7) is -3.81. The Hall–Kier alpha value is -4.35. The van der Waals surface area contributed by atoms with Gasteiger partial charge < -0.3 is 25.2 Å². The number of nitrogens with zero attached hydrogens (tertiary/aromatic N) is 1. The van der Waals surface area contributed by atoms with Crippen molar-refractivity contribution in [3.05, 3.63) is 65.3 Å². The molecule has 3 amide bonds. The predicted molar refractivity (Wildman–Crippen MR) is 154 cm³/mol. The van der Waals surface area contributed by atoms with Gasteiger partial charge in [-0.3, -0.25) is 19.2 Å². The molecule has 3 rings (SSSR count). The standard InChI is InChI=1S/C31H39FN4O7/c1-5-42-27(38)11-10-24(16-21-12-13-33-29(21)39)34-30(40)22(15-20-6-8-23(32)9-7-20)17-26(37)28(18(2)3)35-31(41)25-14-19(4)43-36-25/h6-11,14,18,21-22,24,28H,5,12-13,15-17H2,1-4H3,(H,33,39)(H,34,40)(H,35,41)/b11-10+/t21-,22+,24+,28-/m0/s1/i2D3,3D3,18D. The zero-order valence-corrected chi connectivity index (χ0v) is 23.8. The molecule has 0 aliphatic carbocycles. The number of carbonyl (C=O) groups excluding carboxylic acids is 5. The van der Waals surface area contributed by atoms with Gasteiger partial charge in [0.15, 0.2) is 11.5 Å². The number of hydrogen-bond acceptors (Lipinski definition) is 8. The van der Waals surface area contributed by atoms with E-state index in [1.54, 1.807) is 6.92 Å². The van der Waals surface area contributed by atoms with Crippen LogP contribution in [0.2, 0.25) is 0 Å². The van der Waals surface area contributed by atoms with Gasteiger partial charge in [-0.05, 0) is 56.7 Å². The topological polar surface area (TPSA) is 157 Å². The number of aryl methyl sites for hydroxylation is 1. The molecular weight excluding hydrogens is 559 g/mol. The zero-order chi connectivity index (χ0) is 37.4. The number of rotatable bonds is 15. The van der Waals surface area contributed by atoms with Gasteiger partial charge in [0, 0.05) is 52.6 Å². The van der Waals surface area contributed by atoms with Crippen LogP contribution in [0, 0.1) is 30.5 Å². The highest BCUT2D eigenvalue weighted by Crippen LogP contribution is 2.21. The SMILES string of the molecule is [2H]C([2H])([2H])C([2H])([C@H](NC(=O)c1cc(C)on1)C(=O)C[C@@H](Cc1ccc(F)cc1)C(=O)N[C@H](/C=C/C(=O)OCC)C[C@@H]1CCNC1=O)C([2H])([2H])[2H]. The number of aromatic nitrogens is 1. The smallest absolute Gasteiger partial charge is 0.330 e. The number of carbonyl (C=O) groups is 5. The first-order valence-corrected chi connectivity index (χ1v) is 13.7. The van der Waals surface area contributed by atoms with E-state index in [1.807, 2.05) is 5.32 Å². The molecule has 0 saturated carbocycles. The molecule has 2 aromatic rings. The minimum Gasteiger partial charge on any atom is -0.463 e. The molecule has 2 heterocycles. The quantitative estimate of drug-likeness (QED) is 0.207. The van der Waals surface area contributed by atoms with Gasteiger partial charge in [0.05, 0.1) is 12.6 Å². The summed E-state index contributed by atoms with van der Waals surface area (Å²) in [6, 6.07) is 2.58. The van der Waals surface area contributed by atoms with Crippen molar-refractivity contribution >= 4 is 29.5 Å². The van der Waals surface area contributed by atoms with Crippen LogP contribution in [-0.2, 0) is 30.3 Å². The molecule has 1 fully saturated rings. The molecule has 232 valence electrons. The molecule has 1 saturated heterocycles.